The molecular formula is C18H18O5. The van der Waals surface area contributed by atoms with E-state index in [4.69, 9.17) is 14.2 Å². The molecule has 2 aromatic rings. The summed E-state index contributed by atoms with van der Waals surface area (Å²) in [5.74, 6) is -1.06. The van der Waals surface area contributed by atoms with Gasteiger partial charge in [0.1, 0.15) is 6.61 Å². The summed E-state index contributed by atoms with van der Waals surface area (Å²) in [6.45, 7) is 3.35. The maximum absolute atomic E-state index is 12.4. The van der Waals surface area contributed by atoms with Crippen LogP contribution in [0.5, 0.6) is 0 Å². The van der Waals surface area contributed by atoms with Crippen molar-refractivity contribution < 1.29 is 23.8 Å². The van der Waals surface area contributed by atoms with E-state index in [1.54, 1.807) is 12.1 Å². The Morgan fingerprint density at radius 2 is 1.87 bits per heavy atom. The highest BCUT2D eigenvalue weighted by Gasteiger charge is 2.19. The second kappa shape index (κ2) is 8.10. The van der Waals surface area contributed by atoms with Gasteiger partial charge in [-0.1, -0.05) is 43.0 Å². The van der Waals surface area contributed by atoms with Crippen molar-refractivity contribution in [2.45, 2.75) is 6.10 Å². The van der Waals surface area contributed by atoms with E-state index in [0.717, 1.165) is 16.8 Å². The number of hydrogen-bond donors (Lipinski definition) is 0. The summed E-state index contributed by atoms with van der Waals surface area (Å²) in [5.41, 5.74) is 0.458. The molecule has 1 atom stereocenters. The van der Waals surface area contributed by atoms with Gasteiger partial charge in [0.25, 0.3) is 0 Å². The van der Waals surface area contributed by atoms with Gasteiger partial charge in [0.2, 0.25) is 0 Å². The summed E-state index contributed by atoms with van der Waals surface area (Å²) < 4.78 is 15.3. The van der Waals surface area contributed by atoms with Gasteiger partial charge in [0, 0.05) is 13.2 Å². The topological polar surface area (TPSA) is 61.8 Å². The Morgan fingerprint density at radius 1 is 1.13 bits per heavy atom. The third kappa shape index (κ3) is 4.40. The largest absolute Gasteiger partial charge is 0.458 e. The van der Waals surface area contributed by atoms with E-state index in [-0.39, 0.29) is 13.2 Å². The van der Waals surface area contributed by atoms with Gasteiger partial charge in [-0.15, -0.1) is 0 Å². The molecule has 0 spiro atoms. The molecule has 0 N–H and O–H groups in total. The van der Waals surface area contributed by atoms with Crippen molar-refractivity contribution in [2.24, 2.45) is 0 Å². The summed E-state index contributed by atoms with van der Waals surface area (Å²) in [6.07, 6.45) is 0.367. The first kappa shape index (κ1) is 16.7. The van der Waals surface area contributed by atoms with E-state index in [0.29, 0.717) is 5.56 Å². The molecule has 0 bridgehead atoms. The van der Waals surface area contributed by atoms with Gasteiger partial charge in [-0.2, -0.15) is 0 Å². The molecule has 120 valence electrons. The molecule has 0 heterocycles. The lowest BCUT2D eigenvalue weighted by molar-refractivity contribution is -0.141. The van der Waals surface area contributed by atoms with Crippen molar-refractivity contribution >= 4 is 22.7 Å². The van der Waals surface area contributed by atoms with Crippen molar-refractivity contribution in [3.8, 4) is 0 Å². The molecule has 0 aliphatic heterocycles. The number of carbonyl (C=O) groups is 2. The first-order valence-electron chi connectivity index (χ1n) is 7.12. The standard InChI is InChI=1S/C18H18O5/c1-3-17(19)22-12-14(11-21-2)23-18(20)16-10-6-8-13-7-4-5-9-15(13)16/h3-10,14H,1,11-12H2,2H3. The van der Waals surface area contributed by atoms with Crippen LogP contribution >= 0.6 is 0 Å². The van der Waals surface area contributed by atoms with Crippen LogP contribution in [0, 0.1) is 0 Å². The zero-order valence-corrected chi connectivity index (χ0v) is 12.9. The summed E-state index contributed by atoms with van der Waals surface area (Å²) in [6, 6.07) is 13.0. The van der Waals surface area contributed by atoms with Gasteiger partial charge >= 0.3 is 11.9 Å². The normalized spacial score (nSPS) is 11.7. The number of benzene rings is 2. The van der Waals surface area contributed by atoms with E-state index in [1.165, 1.54) is 7.11 Å². The fraction of sp³-hybridized carbons (Fsp3) is 0.222. The first-order chi connectivity index (χ1) is 11.2. The lowest BCUT2D eigenvalue weighted by Crippen LogP contribution is -2.29. The molecule has 0 saturated heterocycles. The molecule has 23 heavy (non-hydrogen) atoms. The van der Waals surface area contributed by atoms with Crippen molar-refractivity contribution in [1.82, 2.24) is 0 Å². The SMILES string of the molecule is C=CC(=O)OCC(COC)OC(=O)c1cccc2ccccc12. The highest BCUT2D eigenvalue weighted by Crippen LogP contribution is 2.19. The molecule has 5 heteroatoms. The van der Waals surface area contributed by atoms with E-state index in [9.17, 15) is 9.59 Å². The minimum atomic E-state index is -0.685. The number of carbonyl (C=O) groups excluding carboxylic acids is 2. The van der Waals surface area contributed by atoms with Crippen LogP contribution in [0.3, 0.4) is 0 Å². The molecule has 0 aromatic heterocycles. The van der Waals surface area contributed by atoms with Gasteiger partial charge in [-0.3, -0.25) is 0 Å². The van der Waals surface area contributed by atoms with Gasteiger partial charge in [0.15, 0.2) is 6.10 Å². The molecule has 1 unspecified atom stereocenters. The molecule has 2 rings (SSSR count). The smallest absolute Gasteiger partial charge is 0.339 e. The van der Waals surface area contributed by atoms with E-state index >= 15 is 0 Å². The molecule has 0 aliphatic carbocycles. The van der Waals surface area contributed by atoms with Crippen molar-refractivity contribution in [2.75, 3.05) is 20.3 Å². The van der Waals surface area contributed by atoms with Crippen LogP contribution in [0.1, 0.15) is 10.4 Å². The van der Waals surface area contributed by atoms with Crippen LogP contribution in [-0.2, 0) is 19.0 Å². The minimum absolute atomic E-state index is 0.0881. The quantitative estimate of drug-likeness (QED) is 0.581. The van der Waals surface area contributed by atoms with E-state index in [1.807, 2.05) is 30.3 Å². The Kier molecular flexibility index (Phi) is 5.88. The predicted molar refractivity (Wildman–Crippen MR) is 86.2 cm³/mol. The van der Waals surface area contributed by atoms with Crippen molar-refractivity contribution in [3.05, 3.63) is 60.7 Å². The Balaban J connectivity index is 2.13. The van der Waals surface area contributed by atoms with Gasteiger partial charge in [-0.25, -0.2) is 9.59 Å². The predicted octanol–water partition coefficient (Wildman–Crippen LogP) is 2.74. The molecule has 0 saturated carbocycles. The molecule has 0 aliphatic rings. The maximum atomic E-state index is 12.4. The summed E-state index contributed by atoms with van der Waals surface area (Å²) in [5, 5.41) is 1.75. The summed E-state index contributed by atoms with van der Waals surface area (Å²) in [7, 11) is 1.48. The molecule has 0 fully saturated rings. The number of esters is 2. The minimum Gasteiger partial charge on any atom is -0.458 e. The molecular weight excluding hydrogens is 296 g/mol. The fourth-order valence-corrected chi connectivity index (χ4v) is 2.15. The first-order valence-corrected chi connectivity index (χ1v) is 7.12. The monoisotopic (exact) mass is 314 g/mol. The molecule has 0 amide bonds. The van der Waals surface area contributed by atoms with E-state index in [2.05, 4.69) is 6.58 Å². The number of ether oxygens (including phenoxy) is 3. The maximum Gasteiger partial charge on any atom is 0.339 e. The third-order valence-corrected chi connectivity index (χ3v) is 3.21. The Labute approximate surface area is 134 Å². The van der Waals surface area contributed by atoms with Gasteiger partial charge in [0.05, 0.1) is 12.2 Å². The Hall–Kier alpha value is -2.66. The number of hydrogen-bond acceptors (Lipinski definition) is 5. The summed E-state index contributed by atoms with van der Waals surface area (Å²) in [4.78, 5) is 23.5. The van der Waals surface area contributed by atoms with Crippen LogP contribution in [-0.4, -0.2) is 38.4 Å². The third-order valence-electron chi connectivity index (χ3n) is 3.21. The van der Waals surface area contributed by atoms with Crippen LogP contribution in [0.15, 0.2) is 55.1 Å². The van der Waals surface area contributed by atoms with Crippen molar-refractivity contribution in [3.63, 3.8) is 0 Å². The van der Waals surface area contributed by atoms with E-state index < -0.39 is 18.0 Å². The average molecular weight is 314 g/mol. The Morgan fingerprint density at radius 3 is 2.61 bits per heavy atom. The highest BCUT2D eigenvalue weighted by atomic mass is 16.6. The second-order valence-electron chi connectivity index (χ2n) is 4.84. The number of rotatable bonds is 7. The van der Waals surface area contributed by atoms with Crippen molar-refractivity contribution in [1.29, 1.82) is 0 Å². The van der Waals surface area contributed by atoms with Crippen LogP contribution < -0.4 is 0 Å². The average Bonchev–Trinajstić information content (AvgIpc) is 2.58. The summed E-state index contributed by atoms with van der Waals surface area (Å²) >= 11 is 0. The molecule has 0 radical (unpaired) electrons. The second-order valence-corrected chi connectivity index (χ2v) is 4.84. The zero-order valence-electron chi connectivity index (χ0n) is 12.9. The van der Waals surface area contributed by atoms with Gasteiger partial charge in [-0.05, 0) is 16.8 Å². The van der Waals surface area contributed by atoms with Crippen LogP contribution in [0.4, 0.5) is 0 Å². The van der Waals surface area contributed by atoms with Crippen LogP contribution in [0.2, 0.25) is 0 Å². The molecule has 5 nitrogen and oxygen atoms in total. The molecule has 2 aromatic carbocycles. The highest BCUT2D eigenvalue weighted by molar-refractivity contribution is 6.04. The van der Waals surface area contributed by atoms with Crippen LogP contribution in [0.25, 0.3) is 10.8 Å². The Bertz CT molecular complexity index is 702. The van der Waals surface area contributed by atoms with Gasteiger partial charge < -0.3 is 14.2 Å². The number of fused-ring (bicyclic) bond motifs is 1. The fourth-order valence-electron chi connectivity index (χ4n) is 2.15. The zero-order chi connectivity index (χ0) is 16.7. The lowest BCUT2D eigenvalue weighted by atomic mass is 10.0. The lowest BCUT2D eigenvalue weighted by Gasteiger charge is -2.17. The number of methoxy groups -OCH3 is 1.